The van der Waals surface area contributed by atoms with Gasteiger partial charge in [-0.25, -0.2) is 18.6 Å². The summed E-state index contributed by atoms with van der Waals surface area (Å²) in [6.07, 6.45) is 1.49. The van der Waals surface area contributed by atoms with Crippen LogP contribution in [0.3, 0.4) is 0 Å². The second-order valence-electron chi connectivity index (χ2n) is 7.93. The maximum Gasteiger partial charge on any atom is 0.332 e. The van der Waals surface area contributed by atoms with E-state index in [1.807, 2.05) is 4.90 Å². The molecule has 0 atom stereocenters. The molecule has 1 aromatic carbocycles. The second kappa shape index (κ2) is 9.04. The van der Waals surface area contributed by atoms with Crippen LogP contribution < -0.4 is 21.5 Å². The van der Waals surface area contributed by atoms with Crippen LogP contribution in [-0.4, -0.2) is 57.0 Å². The fraction of sp³-hybridized carbons (Fsp3) is 0.318. The fourth-order valence-electron chi connectivity index (χ4n) is 3.98. The first-order chi connectivity index (χ1) is 16.2. The van der Waals surface area contributed by atoms with Crippen molar-refractivity contribution in [2.45, 2.75) is 13.5 Å². The van der Waals surface area contributed by atoms with E-state index in [4.69, 9.17) is 0 Å². The van der Waals surface area contributed by atoms with Gasteiger partial charge in [-0.2, -0.15) is 0 Å². The molecular formula is C22H22F2N6O4. The number of carbonyl (C=O) groups excluding carboxylic acids is 2. The number of aromatic nitrogens is 3. The van der Waals surface area contributed by atoms with Crippen LogP contribution in [0, 0.1) is 11.6 Å². The van der Waals surface area contributed by atoms with Crippen LogP contribution in [0.25, 0.3) is 11.0 Å². The van der Waals surface area contributed by atoms with E-state index in [9.17, 15) is 28.0 Å². The van der Waals surface area contributed by atoms with Crippen LogP contribution in [0.5, 0.6) is 0 Å². The van der Waals surface area contributed by atoms with Crippen LogP contribution in [0.15, 0.2) is 40.1 Å². The zero-order valence-electron chi connectivity index (χ0n) is 18.5. The van der Waals surface area contributed by atoms with Gasteiger partial charge in [-0.05, 0) is 18.2 Å². The van der Waals surface area contributed by atoms with Crippen molar-refractivity contribution < 1.29 is 18.4 Å². The molecule has 0 bridgehead atoms. The number of halogens is 2. The predicted molar refractivity (Wildman–Crippen MR) is 121 cm³/mol. The molecule has 3 heterocycles. The van der Waals surface area contributed by atoms with Gasteiger partial charge in [0.05, 0.1) is 11.4 Å². The highest BCUT2D eigenvalue weighted by atomic mass is 19.1. The summed E-state index contributed by atoms with van der Waals surface area (Å²) in [4.78, 5) is 58.1. The number of hydrogen-bond donors (Lipinski definition) is 1. The maximum absolute atomic E-state index is 13.9. The van der Waals surface area contributed by atoms with Crippen LogP contribution in [0.4, 0.5) is 20.2 Å². The number of rotatable bonds is 4. The van der Waals surface area contributed by atoms with E-state index >= 15 is 0 Å². The van der Waals surface area contributed by atoms with Gasteiger partial charge >= 0.3 is 5.69 Å². The maximum atomic E-state index is 13.9. The molecule has 12 heteroatoms. The molecule has 3 aromatic rings. The Kier molecular flexibility index (Phi) is 6.14. The van der Waals surface area contributed by atoms with Gasteiger partial charge in [-0.1, -0.05) is 0 Å². The Hall–Kier alpha value is -4.09. The van der Waals surface area contributed by atoms with Crippen molar-refractivity contribution >= 4 is 34.2 Å². The number of nitrogens with one attached hydrogen (secondary N) is 1. The van der Waals surface area contributed by atoms with Crippen LogP contribution in [0.2, 0.25) is 0 Å². The summed E-state index contributed by atoms with van der Waals surface area (Å²) in [5, 5.41) is 2.40. The SMILES string of the molecule is CC(=O)N1CCN(c2ccnc3c2c(=O)n(CC(=O)Nc2ccc(F)cc2F)c(=O)n3C)CC1. The Morgan fingerprint density at radius 2 is 1.79 bits per heavy atom. The molecule has 1 saturated heterocycles. The molecule has 1 fully saturated rings. The van der Waals surface area contributed by atoms with Gasteiger partial charge in [0.2, 0.25) is 11.8 Å². The van der Waals surface area contributed by atoms with Gasteiger partial charge in [0.25, 0.3) is 5.56 Å². The summed E-state index contributed by atoms with van der Waals surface area (Å²) in [6.45, 7) is 2.73. The average molecular weight is 472 g/mol. The Balaban J connectivity index is 1.70. The molecule has 0 radical (unpaired) electrons. The summed E-state index contributed by atoms with van der Waals surface area (Å²) in [5.74, 6) is -2.65. The third-order valence-corrected chi connectivity index (χ3v) is 5.78. The van der Waals surface area contributed by atoms with Crippen molar-refractivity contribution in [1.29, 1.82) is 0 Å². The smallest absolute Gasteiger partial charge is 0.332 e. The summed E-state index contributed by atoms with van der Waals surface area (Å²) in [7, 11) is 1.43. The van der Waals surface area contributed by atoms with Crippen molar-refractivity contribution in [2.24, 2.45) is 7.05 Å². The Morgan fingerprint density at radius 1 is 1.09 bits per heavy atom. The minimum absolute atomic E-state index is 0.0346. The number of anilines is 2. The van der Waals surface area contributed by atoms with Crippen molar-refractivity contribution in [1.82, 2.24) is 19.0 Å². The molecule has 10 nitrogen and oxygen atoms in total. The molecule has 0 aliphatic carbocycles. The molecule has 2 amide bonds. The molecular weight excluding hydrogens is 450 g/mol. The molecule has 1 N–H and O–H groups in total. The zero-order chi connectivity index (χ0) is 24.6. The van der Waals surface area contributed by atoms with Crippen molar-refractivity contribution in [2.75, 3.05) is 36.4 Å². The number of fused-ring (bicyclic) bond motifs is 1. The standard InChI is InChI=1S/C22H22F2N6O4/c1-13(31)28-7-9-29(10-8-28)17-5-6-25-20-19(17)21(33)30(22(34)27(20)2)12-18(32)26-16-4-3-14(23)11-15(16)24/h3-6,11H,7-10,12H2,1-2H3,(H,26,32). The van der Waals surface area contributed by atoms with Crippen LogP contribution in [0.1, 0.15) is 6.92 Å². The number of aryl methyl sites for hydroxylation is 1. The van der Waals surface area contributed by atoms with Crippen LogP contribution in [-0.2, 0) is 23.2 Å². The van der Waals surface area contributed by atoms with E-state index in [0.717, 1.165) is 21.3 Å². The first-order valence-electron chi connectivity index (χ1n) is 10.5. The minimum atomic E-state index is -0.983. The molecule has 0 spiro atoms. The Morgan fingerprint density at radius 3 is 2.44 bits per heavy atom. The summed E-state index contributed by atoms with van der Waals surface area (Å²) in [6, 6.07) is 4.28. The normalized spacial score (nSPS) is 13.9. The average Bonchev–Trinajstić information content (AvgIpc) is 2.81. The quantitative estimate of drug-likeness (QED) is 0.598. The Bertz CT molecular complexity index is 1410. The fourth-order valence-corrected chi connectivity index (χ4v) is 3.98. The highest BCUT2D eigenvalue weighted by Crippen LogP contribution is 2.23. The lowest BCUT2D eigenvalue weighted by Crippen LogP contribution is -2.49. The van der Waals surface area contributed by atoms with Gasteiger partial charge in [0.1, 0.15) is 23.6 Å². The summed E-state index contributed by atoms with van der Waals surface area (Å²) < 4.78 is 28.9. The molecule has 4 rings (SSSR count). The first kappa shape index (κ1) is 23.1. The highest BCUT2D eigenvalue weighted by Gasteiger charge is 2.24. The van der Waals surface area contributed by atoms with Gasteiger partial charge in [0, 0.05) is 52.4 Å². The van der Waals surface area contributed by atoms with Crippen molar-refractivity contribution in [3.63, 3.8) is 0 Å². The number of pyridine rings is 1. The lowest BCUT2D eigenvalue weighted by molar-refractivity contribution is -0.129. The number of amides is 2. The van der Waals surface area contributed by atoms with Crippen LogP contribution >= 0.6 is 0 Å². The lowest BCUT2D eigenvalue weighted by atomic mass is 10.2. The number of benzene rings is 1. The summed E-state index contributed by atoms with van der Waals surface area (Å²) in [5.41, 5.74) is -1.07. The second-order valence-corrected chi connectivity index (χ2v) is 7.93. The van der Waals surface area contributed by atoms with Crippen molar-refractivity contribution in [3.05, 3.63) is 62.9 Å². The number of hydrogen-bond acceptors (Lipinski definition) is 6. The van der Waals surface area contributed by atoms with Crippen molar-refractivity contribution in [3.8, 4) is 0 Å². The van der Waals surface area contributed by atoms with E-state index in [1.54, 1.807) is 11.0 Å². The van der Waals surface area contributed by atoms with Gasteiger partial charge < -0.3 is 15.1 Å². The van der Waals surface area contributed by atoms with E-state index in [1.165, 1.54) is 20.2 Å². The van der Waals surface area contributed by atoms with E-state index < -0.39 is 35.3 Å². The molecule has 2 aromatic heterocycles. The monoisotopic (exact) mass is 472 g/mol. The highest BCUT2D eigenvalue weighted by molar-refractivity contribution is 5.92. The zero-order valence-corrected chi connectivity index (χ0v) is 18.5. The number of nitrogens with zero attached hydrogens (tertiary/aromatic N) is 5. The molecule has 178 valence electrons. The molecule has 0 unspecified atom stereocenters. The Labute approximate surface area is 192 Å². The van der Waals surface area contributed by atoms with Gasteiger partial charge in [0.15, 0.2) is 5.65 Å². The third kappa shape index (κ3) is 4.26. The third-order valence-electron chi connectivity index (χ3n) is 5.78. The predicted octanol–water partition coefficient (Wildman–Crippen LogP) is 0.681. The first-order valence-corrected chi connectivity index (χ1v) is 10.5. The largest absolute Gasteiger partial charge is 0.367 e. The molecule has 1 aliphatic rings. The van der Waals surface area contributed by atoms with E-state index in [2.05, 4.69) is 10.3 Å². The molecule has 0 saturated carbocycles. The molecule has 34 heavy (non-hydrogen) atoms. The topological polar surface area (TPSA) is 110 Å². The van der Waals surface area contributed by atoms with E-state index in [0.29, 0.717) is 37.9 Å². The van der Waals surface area contributed by atoms with E-state index in [-0.39, 0.29) is 22.6 Å². The number of piperazine rings is 1. The molecule has 1 aliphatic heterocycles. The minimum Gasteiger partial charge on any atom is -0.367 e. The van der Waals surface area contributed by atoms with Gasteiger partial charge in [-0.3, -0.25) is 23.5 Å². The number of carbonyl (C=O) groups is 2. The lowest BCUT2D eigenvalue weighted by Gasteiger charge is -2.36. The summed E-state index contributed by atoms with van der Waals surface area (Å²) >= 11 is 0. The van der Waals surface area contributed by atoms with Gasteiger partial charge in [-0.15, -0.1) is 0 Å².